The number of ketones is 1. The first kappa shape index (κ1) is 26.8. The fourth-order valence-electron chi connectivity index (χ4n) is 4.95. The fraction of sp³-hybridized carbons (Fsp3) is 0.364. The Morgan fingerprint density at radius 2 is 1.57 bits per heavy atom. The van der Waals surface area contributed by atoms with Gasteiger partial charge < -0.3 is 9.64 Å². The molecule has 0 amide bonds. The third-order valence-corrected chi connectivity index (χ3v) is 7.09. The number of hydrogen-bond acceptors (Lipinski definition) is 4. The highest BCUT2D eigenvalue weighted by atomic mass is 16.5. The standard InChI is InChI=1S/C33H40N2O2/c1-4-35(5-2)19-9-10-20-37-31-17-18-32-29(23-31)22-30(33(32)36)21-26-13-15-28(16-14-26)25-34(3)24-27-11-7-6-8-12-27/h6-8,11-18,21,23H,4-5,9-10,19-20,22,24-25H2,1-3H3/b30-21+. The van der Waals surface area contributed by atoms with E-state index in [4.69, 9.17) is 4.74 Å². The van der Waals surface area contributed by atoms with E-state index in [1.54, 1.807) is 0 Å². The molecule has 194 valence electrons. The first-order valence-corrected chi connectivity index (χ1v) is 13.6. The van der Waals surface area contributed by atoms with E-state index >= 15 is 0 Å². The second kappa shape index (κ2) is 13.4. The average Bonchev–Trinajstić information content (AvgIpc) is 3.22. The predicted molar refractivity (Wildman–Crippen MR) is 153 cm³/mol. The van der Waals surface area contributed by atoms with Crippen LogP contribution in [0.4, 0.5) is 0 Å². The molecule has 0 N–H and O–H groups in total. The monoisotopic (exact) mass is 496 g/mol. The molecule has 4 heteroatoms. The number of ether oxygens (including phenoxy) is 1. The molecule has 0 saturated heterocycles. The summed E-state index contributed by atoms with van der Waals surface area (Å²) in [4.78, 5) is 17.7. The number of carbonyl (C=O) groups is 1. The molecule has 1 aliphatic rings. The third kappa shape index (κ3) is 7.64. The van der Waals surface area contributed by atoms with Crippen molar-refractivity contribution < 1.29 is 9.53 Å². The molecule has 0 atom stereocenters. The summed E-state index contributed by atoms with van der Waals surface area (Å²) in [7, 11) is 2.14. The molecule has 0 heterocycles. The molecule has 0 unspecified atom stereocenters. The van der Waals surface area contributed by atoms with Crippen LogP contribution in [-0.4, -0.2) is 48.9 Å². The number of carbonyl (C=O) groups excluding carboxylic acids is 1. The molecule has 0 spiro atoms. The van der Waals surface area contributed by atoms with Crippen LogP contribution < -0.4 is 4.74 Å². The van der Waals surface area contributed by atoms with Gasteiger partial charge in [0.1, 0.15) is 5.75 Å². The number of benzene rings is 3. The van der Waals surface area contributed by atoms with E-state index < -0.39 is 0 Å². The second-order valence-electron chi connectivity index (χ2n) is 9.98. The zero-order valence-corrected chi connectivity index (χ0v) is 22.6. The van der Waals surface area contributed by atoms with Gasteiger partial charge in [-0.25, -0.2) is 0 Å². The highest BCUT2D eigenvalue weighted by molar-refractivity contribution is 6.15. The molecule has 0 saturated carbocycles. The number of unbranched alkanes of at least 4 members (excludes halogenated alkanes) is 1. The highest BCUT2D eigenvalue weighted by Crippen LogP contribution is 2.31. The van der Waals surface area contributed by atoms with Crippen LogP contribution in [0.3, 0.4) is 0 Å². The largest absolute Gasteiger partial charge is 0.494 e. The minimum atomic E-state index is 0.132. The number of rotatable bonds is 13. The minimum Gasteiger partial charge on any atom is -0.494 e. The van der Waals surface area contributed by atoms with Gasteiger partial charge in [-0.3, -0.25) is 9.69 Å². The Morgan fingerprint density at radius 1 is 0.865 bits per heavy atom. The summed E-state index contributed by atoms with van der Waals surface area (Å²) in [5, 5.41) is 0. The molecule has 4 nitrogen and oxygen atoms in total. The van der Waals surface area contributed by atoms with Crippen molar-refractivity contribution in [2.45, 2.75) is 46.2 Å². The molecule has 0 aliphatic heterocycles. The zero-order chi connectivity index (χ0) is 26.0. The van der Waals surface area contributed by atoms with Crippen LogP contribution in [0.5, 0.6) is 5.75 Å². The van der Waals surface area contributed by atoms with E-state index in [9.17, 15) is 4.79 Å². The number of Topliss-reactive ketones (excluding diaryl/α,β-unsaturated/α-hetero) is 1. The highest BCUT2D eigenvalue weighted by Gasteiger charge is 2.25. The zero-order valence-electron chi connectivity index (χ0n) is 22.6. The molecule has 0 aromatic heterocycles. The van der Waals surface area contributed by atoms with E-state index in [0.29, 0.717) is 13.0 Å². The van der Waals surface area contributed by atoms with Crippen molar-refractivity contribution in [1.29, 1.82) is 0 Å². The average molecular weight is 497 g/mol. The minimum absolute atomic E-state index is 0.132. The van der Waals surface area contributed by atoms with Gasteiger partial charge in [0, 0.05) is 30.6 Å². The third-order valence-electron chi connectivity index (χ3n) is 7.09. The van der Waals surface area contributed by atoms with E-state index in [1.165, 1.54) is 11.1 Å². The first-order valence-electron chi connectivity index (χ1n) is 13.6. The summed E-state index contributed by atoms with van der Waals surface area (Å²) in [6.45, 7) is 10.2. The van der Waals surface area contributed by atoms with E-state index in [0.717, 1.165) is 73.6 Å². The van der Waals surface area contributed by atoms with Crippen molar-refractivity contribution in [1.82, 2.24) is 9.80 Å². The smallest absolute Gasteiger partial charge is 0.189 e. The first-order chi connectivity index (χ1) is 18.1. The lowest BCUT2D eigenvalue weighted by Crippen LogP contribution is -2.24. The van der Waals surface area contributed by atoms with E-state index in [2.05, 4.69) is 79.2 Å². The van der Waals surface area contributed by atoms with Gasteiger partial charge in [-0.2, -0.15) is 0 Å². The van der Waals surface area contributed by atoms with Gasteiger partial charge >= 0.3 is 0 Å². The fourth-order valence-corrected chi connectivity index (χ4v) is 4.95. The van der Waals surface area contributed by atoms with E-state index in [-0.39, 0.29) is 5.78 Å². The molecule has 0 bridgehead atoms. The molecular formula is C33H40N2O2. The van der Waals surface area contributed by atoms with Crippen molar-refractivity contribution >= 4 is 11.9 Å². The molecule has 0 fully saturated rings. The Kier molecular flexibility index (Phi) is 9.70. The van der Waals surface area contributed by atoms with Gasteiger partial charge in [0.25, 0.3) is 0 Å². The van der Waals surface area contributed by atoms with Crippen LogP contribution in [0.2, 0.25) is 0 Å². The van der Waals surface area contributed by atoms with Crippen molar-refractivity contribution in [3.8, 4) is 5.75 Å². The van der Waals surface area contributed by atoms with Gasteiger partial charge in [0.15, 0.2) is 5.78 Å². The second-order valence-corrected chi connectivity index (χ2v) is 9.98. The topological polar surface area (TPSA) is 32.8 Å². The molecule has 1 aliphatic carbocycles. The lowest BCUT2D eigenvalue weighted by Gasteiger charge is -2.17. The van der Waals surface area contributed by atoms with Crippen LogP contribution in [0.25, 0.3) is 6.08 Å². The lowest BCUT2D eigenvalue weighted by molar-refractivity contribution is 0.104. The normalized spacial score (nSPS) is 14.1. The Bertz CT molecular complexity index is 1180. The van der Waals surface area contributed by atoms with Crippen LogP contribution in [-0.2, 0) is 19.5 Å². The quantitative estimate of drug-likeness (QED) is 0.196. The van der Waals surface area contributed by atoms with Crippen molar-refractivity contribution in [2.24, 2.45) is 0 Å². The summed E-state index contributed by atoms with van der Waals surface area (Å²) in [5.41, 5.74) is 6.36. The van der Waals surface area contributed by atoms with E-state index in [1.807, 2.05) is 30.3 Å². The summed E-state index contributed by atoms with van der Waals surface area (Å²) < 4.78 is 6.00. The Labute approximate surface area is 222 Å². The Morgan fingerprint density at radius 3 is 2.27 bits per heavy atom. The molecule has 37 heavy (non-hydrogen) atoms. The summed E-state index contributed by atoms with van der Waals surface area (Å²) in [6.07, 6.45) is 4.87. The van der Waals surface area contributed by atoms with Gasteiger partial charge in [0.05, 0.1) is 6.61 Å². The van der Waals surface area contributed by atoms with Crippen molar-refractivity contribution in [3.63, 3.8) is 0 Å². The van der Waals surface area contributed by atoms with Gasteiger partial charge in [-0.1, -0.05) is 68.4 Å². The van der Waals surface area contributed by atoms with Gasteiger partial charge in [0.2, 0.25) is 0 Å². The maximum absolute atomic E-state index is 13.0. The maximum Gasteiger partial charge on any atom is 0.189 e. The van der Waals surface area contributed by atoms with Crippen LogP contribution in [0.15, 0.2) is 78.4 Å². The maximum atomic E-state index is 13.0. The molecule has 4 rings (SSSR count). The Balaban J connectivity index is 1.29. The van der Waals surface area contributed by atoms with Gasteiger partial charge in [-0.05, 0) is 86.1 Å². The summed E-state index contributed by atoms with van der Waals surface area (Å²) in [6, 6.07) is 25.0. The predicted octanol–water partition coefficient (Wildman–Crippen LogP) is 6.64. The molecular weight excluding hydrogens is 456 g/mol. The Hall–Kier alpha value is -3.21. The number of allylic oxidation sites excluding steroid dienone is 1. The lowest BCUT2D eigenvalue weighted by atomic mass is 10.1. The molecule has 3 aromatic carbocycles. The van der Waals surface area contributed by atoms with Crippen LogP contribution in [0.1, 0.15) is 59.3 Å². The molecule has 3 aromatic rings. The number of hydrogen-bond donors (Lipinski definition) is 0. The van der Waals surface area contributed by atoms with Crippen molar-refractivity contribution in [2.75, 3.05) is 33.3 Å². The van der Waals surface area contributed by atoms with Crippen LogP contribution in [0, 0.1) is 0 Å². The van der Waals surface area contributed by atoms with Gasteiger partial charge in [-0.15, -0.1) is 0 Å². The summed E-state index contributed by atoms with van der Waals surface area (Å²) in [5.74, 6) is 0.993. The number of fused-ring (bicyclic) bond motifs is 1. The SMILES string of the molecule is CCN(CC)CCCCOc1ccc2c(c1)C/C(=C\c1ccc(CN(C)Cc3ccccc3)cc1)C2=O. The van der Waals surface area contributed by atoms with Crippen molar-refractivity contribution in [3.05, 3.63) is 106 Å². The molecule has 0 radical (unpaired) electrons. The van der Waals surface area contributed by atoms with Crippen LogP contribution >= 0.6 is 0 Å². The number of nitrogens with zero attached hydrogens (tertiary/aromatic N) is 2. The summed E-state index contributed by atoms with van der Waals surface area (Å²) >= 11 is 0.